The molecule has 0 saturated heterocycles. The van der Waals surface area contributed by atoms with Crippen molar-refractivity contribution in [2.24, 2.45) is 5.92 Å². The molecule has 1 aromatic carbocycles. The fourth-order valence-corrected chi connectivity index (χ4v) is 3.73. The Balaban J connectivity index is 1.80. The predicted octanol–water partition coefficient (Wildman–Crippen LogP) is 3.22. The SMILES string of the molecule is CNS(=O)(=O)c1ccc(C(=O)NC(c2ccc(Br)cc2)C2CCC2)o1. The highest BCUT2D eigenvalue weighted by atomic mass is 79.9. The molecule has 0 bridgehead atoms. The van der Waals surface area contributed by atoms with Crippen molar-refractivity contribution in [1.82, 2.24) is 10.0 Å². The van der Waals surface area contributed by atoms with Crippen LogP contribution in [0.15, 0.2) is 50.4 Å². The van der Waals surface area contributed by atoms with Gasteiger partial charge in [-0.15, -0.1) is 0 Å². The third-order valence-corrected chi connectivity index (χ3v) is 6.29. The quantitative estimate of drug-likeness (QED) is 0.741. The van der Waals surface area contributed by atoms with Gasteiger partial charge in [-0.2, -0.15) is 0 Å². The van der Waals surface area contributed by atoms with Gasteiger partial charge in [-0.05, 0) is 55.6 Å². The third-order valence-electron chi connectivity index (χ3n) is 4.48. The molecule has 25 heavy (non-hydrogen) atoms. The van der Waals surface area contributed by atoms with Crippen LogP contribution in [0.2, 0.25) is 0 Å². The Bertz CT molecular complexity index is 857. The van der Waals surface area contributed by atoms with Crippen LogP contribution in [0, 0.1) is 5.92 Å². The molecule has 1 amide bonds. The van der Waals surface area contributed by atoms with Crippen molar-refractivity contribution in [2.45, 2.75) is 30.4 Å². The van der Waals surface area contributed by atoms with E-state index in [1.807, 2.05) is 24.3 Å². The average molecular weight is 427 g/mol. The summed E-state index contributed by atoms with van der Waals surface area (Å²) in [5, 5.41) is 2.72. The first-order chi connectivity index (χ1) is 11.9. The van der Waals surface area contributed by atoms with Crippen LogP contribution in [0.25, 0.3) is 0 Å². The zero-order valence-corrected chi connectivity index (χ0v) is 16.1. The fraction of sp³-hybridized carbons (Fsp3) is 0.353. The Kier molecular flexibility index (Phi) is 5.31. The molecule has 2 N–H and O–H groups in total. The van der Waals surface area contributed by atoms with E-state index in [2.05, 4.69) is 26.0 Å². The Labute approximate surface area is 155 Å². The first-order valence-electron chi connectivity index (χ1n) is 8.00. The number of benzene rings is 1. The van der Waals surface area contributed by atoms with E-state index in [1.165, 1.54) is 19.2 Å². The van der Waals surface area contributed by atoms with Gasteiger partial charge in [-0.25, -0.2) is 13.1 Å². The Morgan fingerprint density at radius 3 is 2.44 bits per heavy atom. The molecule has 6 nitrogen and oxygen atoms in total. The van der Waals surface area contributed by atoms with Gasteiger partial charge < -0.3 is 9.73 Å². The summed E-state index contributed by atoms with van der Waals surface area (Å²) in [5.74, 6) is -0.0618. The molecule has 1 aliphatic rings. The summed E-state index contributed by atoms with van der Waals surface area (Å²) < 4.78 is 31.8. The van der Waals surface area contributed by atoms with Crippen molar-refractivity contribution in [2.75, 3.05) is 7.05 Å². The van der Waals surface area contributed by atoms with E-state index < -0.39 is 15.9 Å². The molecule has 3 rings (SSSR count). The minimum Gasteiger partial charge on any atom is -0.438 e. The molecule has 1 unspecified atom stereocenters. The van der Waals surface area contributed by atoms with E-state index in [0.29, 0.717) is 5.92 Å². The summed E-state index contributed by atoms with van der Waals surface area (Å²) in [7, 11) is -2.42. The minimum absolute atomic E-state index is 0.0183. The number of rotatable bonds is 6. The van der Waals surface area contributed by atoms with Crippen LogP contribution in [0.5, 0.6) is 0 Å². The fourth-order valence-electron chi connectivity index (χ4n) is 2.82. The summed E-state index contributed by atoms with van der Waals surface area (Å²) in [4.78, 5) is 12.5. The van der Waals surface area contributed by atoms with Crippen molar-refractivity contribution in [1.29, 1.82) is 0 Å². The molecule has 0 radical (unpaired) electrons. The number of hydrogen-bond donors (Lipinski definition) is 2. The maximum atomic E-state index is 12.5. The molecule has 1 saturated carbocycles. The molecule has 8 heteroatoms. The first-order valence-corrected chi connectivity index (χ1v) is 10.3. The predicted molar refractivity (Wildman–Crippen MR) is 96.6 cm³/mol. The number of halogens is 1. The Morgan fingerprint density at radius 2 is 1.88 bits per heavy atom. The minimum atomic E-state index is -3.71. The second-order valence-electron chi connectivity index (χ2n) is 6.02. The molecule has 2 aromatic rings. The van der Waals surface area contributed by atoms with E-state index in [1.54, 1.807) is 0 Å². The number of furan rings is 1. The van der Waals surface area contributed by atoms with E-state index in [0.717, 1.165) is 29.3 Å². The largest absolute Gasteiger partial charge is 0.438 e. The lowest BCUT2D eigenvalue weighted by Gasteiger charge is -2.34. The van der Waals surface area contributed by atoms with Crippen molar-refractivity contribution >= 4 is 31.9 Å². The smallest absolute Gasteiger partial charge is 0.287 e. The molecule has 1 atom stereocenters. The lowest BCUT2D eigenvalue weighted by molar-refractivity contribution is 0.0867. The summed E-state index contributed by atoms with van der Waals surface area (Å²) in [5.41, 5.74) is 1.02. The molecule has 1 aromatic heterocycles. The van der Waals surface area contributed by atoms with Gasteiger partial charge in [-0.3, -0.25) is 4.79 Å². The molecule has 0 spiro atoms. The second-order valence-corrected chi connectivity index (χ2v) is 8.75. The van der Waals surface area contributed by atoms with Gasteiger partial charge >= 0.3 is 0 Å². The standard InChI is InChI=1S/C17H19BrN2O4S/c1-19-25(22,23)15-10-9-14(24-15)17(21)20-16(11-3-2-4-11)12-5-7-13(18)8-6-12/h5-11,16,19H,2-4H2,1H3,(H,20,21). The highest BCUT2D eigenvalue weighted by Gasteiger charge is 2.31. The second kappa shape index (κ2) is 7.31. The maximum absolute atomic E-state index is 12.5. The van der Waals surface area contributed by atoms with Crippen molar-refractivity contribution in [3.63, 3.8) is 0 Å². The summed E-state index contributed by atoms with van der Waals surface area (Å²) in [6.45, 7) is 0. The van der Waals surface area contributed by atoms with Crippen molar-refractivity contribution < 1.29 is 17.6 Å². The topological polar surface area (TPSA) is 88.4 Å². The molecule has 1 heterocycles. The maximum Gasteiger partial charge on any atom is 0.287 e. The lowest BCUT2D eigenvalue weighted by Crippen LogP contribution is -2.36. The number of amides is 1. The van der Waals surface area contributed by atoms with Crippen LogP contribution in [0.3, 0.4) is 0 Å². The van der Waals surface area contributed by atoms with Gasteiger partial charge in [-0.1, -0.05) is 34.5 Å². The van der Waals surface area contributed by atoms with Crippen molar-refractivity contribution in [3.05, 3.63) is 52.2 Å². The van der Waals surface area contributed by atoms with Crippen LogP contribution in [0.4, 0.5) is 0 Å². The average Bonchev–Trinajstić information content (AvgIpc) is 3.04. The van der Waals surface area contributed by atoms with Crippen LogP contribution in [-0.4, -0.2) is 21.4 Å². The van der Waals surface area contributed by atoms with Crippen LogP contribution < -0.4 is 10.0 Å². The van der Waals surface area contributed by atoms with E-state index >= 15 is 0 Å². The Morgan fingerprint density at radius 1 is 1.20 bits per heavy atom. The summed E-state index contributed by atoms with van der Waals surface area (Å²) in [6.07, 6.45) is 3.26. The van der Waals surface area contributed by atoms with Gasteiger partial charge in [0.2, 0.25) is 5.09 Å². The molecular formula is C17H19BrN2O4S. The number of sulfonamides is 1. The van der Waals surface area contributed by atoms with Gasteiger partial charge in [0, 0.05) is 4.47 Å². The van der Waals surface area contributed by atoms with Gasteiger partial charge in [0.1, 0.15) is 0 Å². The number of nitrogens with one attached hydrogen (secondary N) is 2. The molecular weight excluding hydrogens is 408 g/mol. The van der Waals surface area contributed by atoms with Crippen molar-refractivity contribution in [3.8, 4) is 0 Å². The van der Waals surface area contributed by atoms with Crippen LogP contribution >= 0.6 is 15.9 Å². The van der Waals surface area contributed by atoms with Gasteiger partial charge in [0.25, 0.3) is 15.9 Å². The zero-order chi connectivity index (χ0) is 18.0. The zero-order valence-electron chi connectivity index (χ0n) is 13.7. The number of carbonyl (C=O) groups is 1. The number of carbonyl (C=O) groups excluding carboxylic acids is 1. The van der Waals surface area contributed by atoms with E-state index in [4.69, 9.17) is 4.42 Å². The first kappa shape index (κ1) is 18.2. The van der Waals surface area contributed by atoms with Gasteiger partial charge in [0.15, 0.2) is 5.76 Å². The number of hydrogen-bond acceptors (Lipinski definition) is 4. The molecule has 1 fully saturated rings. The molecule has 134 valence electrons. The van der Waals surface area contributed by atoms with Crippen LogP contribution in [-0.2, 0) is 10.0 Å². The monoisotopic (exact) mass is 426 g/mol. The summed E-state index contributed by atoms with van der Waals surface area (Å²) in [6, 6.07) is 10.4. The summed E-state index contributed by atoms with van der Waals surface area (Å²) >= 11 is 3.41. The Hall–Kier alpha value is -1.64. The third kappa shape index (κ3) is 3.96. The van der Waals surface area contributed by atoms with Crippen LogP contribution in [0.1, 0.15) is 41.4 Å². The normalized spacial score (nSPS) is 16.2. The van der Waals surface area contributed by atoms with Gasteiger partial charge in [0.05, 0.1) is 6.04 Å². The molecule has 1 aliphatic carbocycles. The van der Waals surface area contributed by atoms with E-state index in [-0.39, 0.29) is 16.9 Å². The lowest BCUT2D eigenvalue weighted by atomic mass is 9.77. The molecule has 0 aliphatic heterocycles. The highest BCUT2D eigenvalue weighted by Crippen LogP contribution is 2.38. The van der Waals surface area contributed by atoms with E-state index in [9.17, 15) is 13.2 Å². The highest BCUT2D eigenvalue weighted by molar-refractivity contribution is 9.10.